The lowest BCUT2D eigenvalue weighted by atomic mass is 9.98. The first-order valence-corrected chi connectivity index (χ1v) is 5.98. The molecule has 2 aliphatic heterocycles. The summed E-state index contributed by atoms with van der Waals surface area (Å²) in [5, 5.41) is 16.0. The Balaban J connectivity index is 1.74. The maximum atomic E-state index is 11.8. The van der Waals surface area contributed by atoms with E-state index in [1.54, 1.807) is 0 Å². The molecule has 2 aliphatic rings. The van der Waals surface area contributed by atoms with E-state index in [-0.39, 0.29) is 11.8 Å². The van der Waals surface area contributed by atoms with Gasteiger partial charge in [-0.25, -0.2) is 0 Å². The van der Waals surface area contributed by atoms with Crippen LogP contribution in [0.2, 0.25) is 0 Å². The largest absolute Gasteiger partial charge is 0.387 e. The molecule has 0 aromatic carbocycles. The first-order valence-electron chi connectivity index (χ1n) is 5.98. The number of nitrogens with one attached hydrogen (secondary N) is 2. The van der Waals surface area contributed by atoms with Gasteiger partial charge in [0.2, 0.25) is 5.91 Å². The molecule has 92 valence electrons. The number of carbonyl (C=O) groups excluding carboxylic acids is 1. The van der Waals surface area contributed by atoms with Crippen LogP contribution in [-0.4, -0.2) is 49.5 Å². The van der Waals surface area contributed by atoms with E-state index in [4.69, 9.17) is 4.74 Å². The number of aliphatic hydroxyl groups is 1. The lowest BCUT2D eigenvalue weighted by molar-refractivity contribution is -0.128. The topological polar surface area (TPSA) is 70.6 Å². The summed E-state index contributed by atoms with van der Waals surface area (Å²) >= 11 is 0. The van der Waals surface area contributed by atoms with Crippen molar-refractivity contribution in [1.29, 1.82) is 0 Å². The Morgan fingerprint density at radius 2 is 2.25 bits per heavy atom. The van der Waals surface area contributed by atoms with Crippen LogP contribution >= 0.6 is 0 Å². The fraction of sp³-hybridized carbons (Fsp3) is 0.909. The maximum Gasteiger partial charge on any atom is 0.223 e. The molecule has 5 nitrogen and oxygen atoms in total. The number of amides is 1. The van der Waals surface area contributed by atoms with Gasteiger partial charge in [-0.2, -0.15) is 0 Å². The number of rotatable bonds is 3. The molecule has 2 fully saturated rings. The van der Waals surface area contributed by atoms with Crippen molar-refractivity contribution in [3.63, 3.8) is 0 Å². The van der Waals surface area contributed by atoms with Gasteiger partial charge in [-0.3, -0.25) is 4.79 Å². The van der Waals surface area contributed by atoms with Crippen molar-refractivity contribution in [1.82, 2.24) is 10.6 Å². The molecule has 1 atom stereocenters. The minimum atomic E-state index is -0.749. The predicted molar refractivity (Wildman–Crippen MR) is 59.0 cm³/mol. The van der Waals surface area contributed by atoms with Gasteiger partial charge in [-0.05, 0) is 25.8 Å². The summed E-state index contributed by atoms with van der Waals surface area (Å²) in [6.45, 7) is 3.09. The standard InChI is InChI=1S/C11H20N2O3/c14-10(9-1-5-16-6-2-9)13-8-11(15)3-4-12-7-11/h9,12,15H,1-8H2,(H,13,14). The van der Waals surface area contributed by atoms with E-state index in [1.165, 1.54) is 0 Å². The minimum Gasteiger partial charge on any atom is -0.387 e. The second-order valence-corrected chi connectivity index (χ2v) is 4.76. The molecule has 0 saturated carbocycles. The second-order valence-electron chi connectivity index (χ2n) is 4.76. The van der Waals surface area contributed by atoms with E-state index >= 15 is 0 Å². The van der Waals surface area contributed by atoms with Crippen LogP contribution in [-0.2, 0) is 9.53 Å². The minimum absolute atomic E-state index is 0.0589. The van der Waals surface area contributed by atoms with Crippen molar-refractivity contribution < 1.29 is 14.6 Å². The van der Waals surface area contributed by atoms with Gasteiger partial charge in [0.05, 0.1) is 5.60 Å². The monoisotopic (exact) mass is 228 g/mol. The van der Waals surface area contributed by atoms with Crippen LogP contribution in [0.5, 0.6) is 0 Å². The summed E-state index contributed by atoms with van der Waals surface area (Å²) in [7, 11) is 0. The molecule has 5 heteroatoms. The molecule has 0 aromatic rings. The molecule has 0 radical (unpaired) electrons. The molecular formula is C11H20N2O3. The molecule has 0 spiro atoms. The Morgan fingerprint density at radius 1 is 1.50 bits per heavy atom. The van der Waals surface area contributed by atoms with Gasteiger partial charge in [0.25, 0.3) is 0 Å². The van der Waals surface area contributed by atoms with Crippen LogP contribution in [0.15, 0.2) is 0 Å². The van der Waals surface area contributed by atoms with E-state index in [1.807, 2.05) is 0 Å². The van der Waals surface area contributed by atoms with Crippen molar-refractivity contribution in [3.8, 4) is 0 Å². The Kier molecular flexibility index (Phi) is 3.78. The smallest absolute Gasteiger partial charge is 0.223 e. The Bertz CT molecular complexity index is 246. The zero-order chi connectivity index (χ0) is 11.4. The zero-order valence-electron chi connectivity index (χ0n) is 9.50. The molecular weight excluding hydrogens is 208 g/mol. The third kappa shape index (κ3) is 2.93. The average molecular weight is 228 g/mol. The highest BCUT2D eigenvalue weighted by atomic mass is 16.5. The van der Waals surface area contributed by atoms with Gasteiger partial charge in [0.15, 0.2) is 0 Å². The first kappa shape index (κ1) is 11.8. The lowest BCUT2D eigenvalue weighted by Gasteiger charge is -2.25. The first-order chi connectivity index (χ1) is 7.70. The lowest BCUT2D eigenvalue weighted by Crippen LogP contribution is -2.46. The van der Waals surface area contributed by atoms with Crippen LogP contribution in [0, 0.1) is 5.92 Å². The van der Waals surface area contributed by atoms with Gasteiger partial charge in [0.1, 0.15) is 0 Å². The van der Waals surface area contributed by atoms with E-state index in [0.29, 0.717) is 32.7 Å². The van der Waals surface area contributed by atoms with Gasteiger partial charge < -0.3 is 20.5 Å². The zero-order valence-corrected chi connectivity index (χ0v) is 9.50. The van der Waals surface area contributed by atoms with Crippen LogP contribution in [0.4, 0.5) is 0 Å². The van der Waals surface area contributed by atoms with Crippen molar-refractivity contribution >= 4 is 5.91 Å². The van der Waals surface area contributed by atoms with Gasteiger partial charge in [-0.1, -0.05) is 0 Å². The van der Waals surface area contributed by atoms with Crippen LogP contribution < -0.4 is 10.6 Å². The van der Waals surface area contributed by atoms with E-state index in [9.17, 15) is 9.90 Å². The third-order valence-electron chi connectivity index (χ3n) is 3.40. The summed E-state index contributed by atoms with van der Waals surface area (Å²) in [5.74, 6) is 0.121. The SMILES string of the molecule is O=C(NCC1(O)CCNC1)C1CCOCC1. The molecule has 3 N–H and O–H groups in total. The van der Waals surface area contributed by atoms with E-state index < -0.39 is 5.60 Å². The number of ether oxygens (including phenoxy) is 1. The average Bonchev–Trinajstić information content (AvgIpc) is 2.75. The number of β-amino-alcohol motifs (C(OH)–C–C–N with tert-alkyl or cyclic N) is 1. The van der Waals surface area contributed by atoms with Crippen molar-refractivity contribution in [2.75, 3.05) is 32.8 Å². The summed E-state index contributed by atoms with van der Waals surface area (Å²) < 4.78 is 5.21. The molecule has 2 rings (SSSR count). The highest BCUT2D eigenvalue weighted by Gasteiger charge is 2.32. The van der Waals surface area contributed by atoms with E-state index in [2.05, 4.69) is 10.6 Å². The fourth-order valence-corrected chi connectivity index (χ4v) is 2.24. The molecule has 2 heterocycles. The van der Waals surface area contributed by atoms with Crippen LogP contribution in [0.1, 0.15) is 19.3 Å². The van der Waals surface area contributed by atoms with Crippen molar-refractivity contribution in [2.45, 2.75) is 24.9 Å². The number of carbonyl (C=O) groups is 1. The molecule has 0 bridgehead atoms. The summed E-state index contributed by atoms with van der Waals surface area (Å²) in [4.78, 5) is 11.8. The predicted octanol–water partition coefficient (Wildman–Crippen LogP) is -0.746. The second kappa shape index (κ2) is 5.12. The van der Waals surface area contributed by atoms with Gasteiger partial charge in [0, 0.05) is 32.2 Å². The van der Waals surface area contributed by atoms with E-state index in [0.717, 1.165) is 19.4 Å². The highest BCUT2D eigenvalue weighted by Crippen LogP contribution is 2.16. The number of hydrogen-bond acceptors (Lipinski definition) is 4. The summed E-state index contributed by atoms with van der Waals surface area (Å²) in [5.41, 5.74) is -0.749. The summed E-state index contributed by atoms with van der Waals surface area (Å²) in [6.07, 6.45) is 2.30. The molecule has 0 aliphatic carbocycles. The van der Waals surface area contributed by atoms with Crippen molar-refractivity contribution in [3.05, 3.63) is 0 Å². The number of hydrogen-bond donors (Lipinski definition) is 3. The Labute approximate surface area is 95.5 Å². The normalized spacial score (nSPS) is 31.6. The molecule has 1 amide bonds. The highest BCUT2D eigenvalue weighted by molar-refractivity contribution is 5.78. The van der Waals surface area contributed by atoms with Crippen LogP contribution in [0.3, 0.4) is 0 Å². The maximum absolute atomic E-state index is 11.8. The van der Waals surface area contributed by atoms with Crippen LogP contribution in [0.25, 0.3) is 0 Å². The van der Waals surface area contributed by atoms with Crippen molar-refractivity contribution in [2.24, 2.45) is 5.92 Å². The third-order valence-corrected chi connectivity index (χ3v) is 3.40. The molecule has 1 unspecified atom stereocenters. The van der Waals surface area contributed by atoms with Gasteiger partial charge in [-0.15, -0.1) is 0 Å². The molecule has 2 saturated heterocycles. The summed E-state index contributed by atoms with van der Waals surface area (Å²) in [6, 6.07) is 0. The molecule has 16 heavy (non-hydrogen) atoms. The Morgan fingerprint density at radius 3 is 2.88 bits per heavy atom. The van der Waals surface area contributed by atoms with Gasteiger partial charge >= 0.3 is 0 Å². The molecule has 0 aromatic heterocycles. The quantitative estimate of drug-likeness (QED) is 0.594. The fourth-order valence-electron chi connectivity index (χ4n) is 2.24. The Hall–Kier alpha value is -0.650.